The van der Waals surface area contributed by atoms with Crippen molar-refractivity contribution in [1.29, 1.82) is 0 Å². The van der Waals surface area contributed by atoms with Crippen LogP contribution in [0.2, 0.25) is 0 Å². The van der Waals surface area contributed by atoms with Crippen molar-refractivity contribution in [3.05, 3.63) is 23.3 Å². The molecule has 1 aliphatic carbocycles. The third kappa shape index (κ3) is 2.81. The smallest absolute Gasteiger partial charge is 0.161 e. The summed E-state index contributed by atoms with van der Waals surface area (Å²) in [4.78, 5) is 0. The summed E-state index contributed by atoms with van der Waals surface area (Å²) in [5.74, 6) is 1.42. The molecular formula is C18H26FNO2. The topological polar surface area (TPSA) is 44.5 Å². The summed E-state index contributed by atoms with van der Waals surface area (Å²) >= 11 is 0. The molecular weight excluding hydrogens is 281 g/mol. The third-order valence-electron chi connectivity index (χ3n) is 5.12. The van der Waals surface area contributed by atoms with Gasteiger partial charge in [0.25, 0.3) is 0 Å². The van der Waals surface area contributed by atoms with Crippen LogP contribution < -0.4 is 15.2 Å². The van der Waals surface area contributed by atoms with Gasteiger partial charge in [0.2, 0.25) is 0 Å². The number of benzene rings is 1. The largest absolute Gasteiger partial charge is 0.490 e. The molecule has 1 saturated carbocycles. The van der Waals surface area contributed by atoms with E-state index in [2.05, 4.69) is 0 Å². The fraction of sp³-hybridized carbons (Fsp3) is 0.667. The fourth-order valence-electron chi connectivity index (χ4n) is 3.82. The van der Waals surface area contributed by atoms with Crippen LogP contribution in [0.1, 0.15) is 62.7 Å². The van der Waals surface area contributed by atoms with Gasteiger partial charge in [-0.3, -0.25) is 0 Å². The molecule has 1 unspecified atom stereocenters. The monoisotopic (exact) mass is 307 g/mol. The Labute approximate surface area is 132 Å². The van der Waals surface area contributed by atoms with Crippen molar-refractivity contribution in [2.75, 3.05) is 19.8 Å². The maximum atomic E-state index is 14.3. The van der Waals surface area contributed by atoms with E-state index in [0.29, 0.717) is 25.5 Å². The number of fused-ring (bicyclic) bond motifs is 1. The van der Waals surface area contributed by atoms with Crippen molar-refractivity contribution in [1.82, 2.24) is 0 Å². The van der Waals surface area contributed by atoms with Gasteiger partial charge in [-0.1, -0.05) is 19.3 Å². The molecule has 4 heteroatoms. The summed E-state index contributed by atoms with van der Waals surface area (Å²) in [6.07, 6.45) is 5.44. The van der Waals surface area contributed by atoms with Gasteiger partial charge in [0.05, 0.1) is 13.2 Å². The maximum Gasteiger partial charge on any atom is 0.161 e. The van der Waals surface area contributed by atoms with E-state index >= 15 is 0 Å². The minimum absolute atomic E-state index is 0.112. The second kappa shape index (κ2) is 6.45. The lowest BCUT2D eigenvalue weighted by Gasteiger charge is -2.38. The zero-order valence-corrected chi connectivity index (χ0v) is 13.4. The number of hydrogen-bond donors (Lipinski definition) is 1. The van der Waals surface area contributed by atoms with Crippen LogP contribution in [0, 0.1) is 0 Å². The molecule has 0 saturated heterocycles. The van der Waals surface area contributed by atoms with Gasteiger partial charge < -0.3 is 15.2 Å². The van der Waals surface area contributed by atoms with E-state index < -0.39 is 6.17 Å². The number of nitrogens with two attached hydrogens (primary N) is 1. The lowest BCUT2D eigenvalue weighted by atomic mass is 9.67. The van der Waals surface area contributed by atoms with Gasteiger partial charge in [0.1, 0.15) is 6.17 Å². The molecule has 3 rings (SSSR count). The molecule has 0 radical (unpaired) electrons. The van der Waals surface area contributed by atoms with Gasteiger partial charge in [-0.25, -0.2) is 4.39 Å². The van der Waals surface area contributed by atoms with Gasteiger partial charge in [0, 0.05) is 18.4 Å². The number of alkyl halides is 1. The van der Waals surface area contributed by atoms with Gasteiger partial charge in [-0.15, -0.1) is 0 Å². The summed E-state index contributed by atoms with van der Waals surface area (Å²) < 4.78 is 25.8. The SMILES string of the molecule is CC(F)c1cc2c(cc1C1(CN)CCCCC1)OCCCO2. The fourth-order valence-corrected chi connectivity index (χ4v) is 3.82. The number of halogens is 1. The van der Waals surface area contributed by atoms with Crippen LogP contribution in [-0.2, 0) is 5.41 Å². The number of hydrogen-bond acceptors (Lipinski definition) is 3. The minimum atomic E-state index is -1.03. The molecule has 0 spiro atoms. The number of rotatable bonds is 3. The molecule has 1 fully saturated rings. The summed E-state index contributed by atoms with van der Waals surface area (Å²) in [5.41, 5.74) is 7.79. The second-order valence-corrected chi connectivity index (χ2v) is 6.60. The molecule has 2 N–H and O–H groups in total. The van der Waals surface area contributed by atoms with E-state index in [0.717, 1.165) is 49.0 Å². The van der Waals surface area contributed by atoms with Gasteiger partial charge in [-0.2, -0.15) is 0 Å². The van der Waals surface area contributed by atoms with Crippen LogP contribution >= 0.6 is 0 Å². The van der Waals surface area contributed by atoms with Gasteiger partial charge in [-0.05, 0) is 43.0 Å². The lowest BCUT2D eigenvalue weighted by molar-refractivity contribution is 0.285. The molecule has 0 aromatic heterocycles. The number of ether oxygens (including phenoxy) is 2. The molecule has 1 heterocycles. The highest BCUT2D eigenvalue weighted by Crippen LogP contribution is 2.46. The first-order valence-corrected chi connectivity index (χ1v) is 8.44. The molecule has 0 amide bonds. The summed E-state index contributed by atoms with van der Waals surface area (Å²) in [5, 5.41) is 0. The zero-order valence-electron chi connectivity index (χ0n) is 13.4. The minimum Gasteiger partial charge on any atom is -0.490 e. The van der Waals surface area contributed by atoms with Crippen LogP contribution in [0.25, 0.3) is 0 Å². The summed E-state index contributed by atoms with van der Waals surface area (Å²) in [6.45, 7) is 3.42. The Bertz CT molecular complexity index is 524. The molecule has 2 aliphatic rings. The quantitative estimate of drug-likeness (QED) is 0.916. The Morgan fingerprint density at radius 3 is 2.32 bits per heavy atom. The molecule has 1 aliphatic heterocycles. The second-order valence-electron chi connectivity index (χ2n) is 6.60. The summed E-state index contributed by atoms with van der Waals surface area (Å²) in [6, 6.07) is 3.84. The van der Waals surface area contributed by atoms with Gasteiger partial charge in [0.15, 0.2) is 11.5 Å². The Kier molecular flexibility index (Phi) is 4.57. The molecule has 3 nitrogen and oxygen atoms in total. The van der Waals surface area contributed by atoms with E-state index in [1.165, 1.54) is 6.42 Å². The van der Waals surface area contributed by atoms with Crippen molar-refractivity contribution < 1.29 is 13.9 Å². The van der Waals surface area contributed by atoms with Crippen molar-refractivity contribution >= 4 is 0 Å². The average molecular weight is 307 g/mol. The predicted octanol–water partition coefficient (Wildman–Crippen LogP) is 4.04. The standard InChI is InChI=1S/C18H26FNO2/c1-13(19)14-10-16-17(22-9-5-8-21-16)11-15(14)18(12-20)6-3-2-4-7-18/h10-11,13H,2-9,12,20H2,1H3. The first-order valence-electron chi connectivity index (χ1n) is 8.44. The molecule has 0 bridgehead atoms. The van der Waals surface area contributed by atoms with Crippen LogP contribution in [0.3, 0.4) is 0 Å². The third-order valence-corrected chi connectivity index (χ3v) is 5.12. The van der Waals surface area contributed by atoms with Crippen LogP contribution in [0.15, 0.2) is 12.1 Å². The molecule has 1 aromatic rings. The van der Waals surface area contributed by atoms with E-state index in [-0.39, 0.29) is 5.41 Å². The average Bonchev–Trinajstić information content (AvgIpc) is 2.79. The van der Waals surface area contributed by atoms with Crippen LogP contribution in [-0.4, -0.2) is 19.8 Å². The highest BCUT2D eigenvalue weighted by Gasteiger charge is 2.36. The Hall–Kier alpha value is -1.29. The van der Waals surface area contributed by atoms with Crippen molar-refractivity contribution in [2.45, 2.75) is 57.0 Å². The predicted molar refractivity (Wildman–Crippen MR) is 85.4 cm³/mol. The molecule has 22 heavy (non-hydrogen) atoms. The zero-order chi connectivity index (χ0) is 15.6. The first kappa shape index (κ1) is 15.6. The highest BCUT2D eigenvalue weighted by atomic mass is 19.1. The van der Waals surface area contributed by atoms with E-state index in [4.69, 9.17) is 15.2 Å². The molecule has 1 aromatic carbocycles. The maximum absolute atomic E-state index is 14.3. The highest BCUT2D eigenvalue weighted by molar-refractivity contribution is 5.51. The van der Waals surface area contributed by atoms with Crippen molar-refractivity contribution in [3.8, 4) is 11.5 Å². The van der Waals surface area contributed by atoms with Gasteiger partial charge >= 0.3 is 0 Å². The van der Waals surface area contributed by atoms with Crippen molar-refractivity contribution in [3.63, 3.8) is 0 Å². The van der Waals surface area contributed by atoms with E-state index in [1.54, 1.807) is 6.92 Å². The van der Waals surface area contributed by atoms with E-state index in [1.807, 2.05) is 12.1 Å². The first-order chi connectivity index (χ1) is 10.7. The normalized spacial score (nSPS) is 22.0. The van der Waals surface area contributed by atoms with Crippen LogP contribution in [0.5, 0.6) is 11.5 Å². The molecule has 122 valence electrons. The Morgan fingerprint density at radius 1 is 1.09 bits per heavy atom. The Balaban J connectivity index is 2.10. The van der Waals surface area contributed by atoms with Crippen molar-refractivity contribution in [2.24, 2.45) is 5.73 Å². The van der Waals surface area contributed by atoms with Crippen LogP contribution in [0.4, 0.5) is 4.39 Å². The lowest BCUT2D eigenvalue weighted by Crippen LogP contribution is -2.38. The van der Waals surface area contributed by atoms with E-state index in [9.17, 15) is 4.39 Å². The Morgan fingerprint density at radius 2 is 1.73 bits per heavy atom. The molecule has 1 atom stereocenters. The summed E-state index contributed by atoms with van der Waals surface area (Å²) in [7, 11) is 0.